The maximum atomic E-state index is 11.1. The molecule has 5 rings (SSSR count). The summed E-state index contributed by atoms with van der Waals surface area (Å²) in [5, 5.41) is 21.2. The van der Waals surface area contributed by atoms with E-state index in [-0.39, 0.29) is 23.0 Å². The number of hydrogen-bond acceptors (Lipinski definition) is 4. The van der Waals surface area contributed by atoms with Crippen LogP contribution >= 0.6 is 0 Å². The Kier molecular flexibility index (Phi) is 3.55. The second-order valence-corrected chi connectivity index (χ2v) is 9.73. The summed E-state index contributed by atoms with van der Waals surface area (Å²) in [4.78, 5) is 0. The molecule has 3 unspecified atom stereocenters. The first kappa shape index (κ1) is 16.7. The Balaban J connectivity index is 1.53. The number of ether oxygens (including phenoxy) is 2. The first-order valence-electron chi connectivity index (χ1n) is 10.2. The molecule has 1 saturated heterocycles. The monoisotopic (exact) mass is 348 g/mol. The SMILES string of the molecule is C[C@]12CC[C@@H](O)CC1=C[C@H](O)C1C2CC[C@@]2(C)C1CCC21OCCO1. The molecule has 4 heteroatoms. The van der Waals surface area contributed by atoms with Crippen molar-refractivity contribution in [1.29, 1.82) is 0 Å². The highest BCUT2D eigenvalue weighted by molar-refractivity contribution is 5.28. The zero-order valence-corrected chi connectivity index (χ0v) is 15.5. The summed E-state index contributed by atoms with van der Waals surface area (Å²) < 4.78 is 12.4. The summed E-state index contributed by atoms with van der Waals surface area (Å²) in [5.41, 5.74) is 1.48. The van der Waals surface area contributed by atoms with Gasteiger partial charge in [-0.3, -0.25) is 0 Å². The Morgan fingerprint density at radius 3 is 2.44 bits per heavy atom. The van der Waals surface area contributed by atoms with Gasteiger partial charge in [-0.25, -0.2) is 0 Å². The van der Waals surface area contributed by atoms with E-state index in [1.807, 2.05) is 0 Å². The van der Waals surface area contributed by atoms with Crippen LogP contribution in [-0.4, -0.2) is 41.4 Å². The summed E-state index contributed by atoms with van der Waals surface area (Å²) in [6, 6.07) is 0. The number of rotatable bonds is 0. The van der Waals surface area contributed by atoms with Crippen LogP contribution in [0.3, 0.4) is 0 Å². The minimum Gasteiger partial charge on any atom is -0.393 e. The topological polar surface area (TPSA) is 58.9 Å². The molecule has 0 amide bonds. The summed E-state index contributed by atoms with van der Waals surface area (Å²) in [7, 11) is 0. The largest absolute Gasteiger partial charge is 0.393 e. The van der Waals surface area contributed by atoms with Gasteiger partial charge in [-0.15, -0.1) is 0 Å². The van der Waals surface area contributed by atoms with Crippen LogP contribution < -0.4 is 0 Å². The Labute approximate surface area is 150 Å². The summed E-state index contributed by atoms with van der Waals surface area (Å²) >= 11 is 0. The van der Waals surface area contributed by atoms with Crippen molar-refractivity contribution in [2.75, 3.05) is 13.2 Å². The zero-order valence-electron chi connectivity index (χ0n) is 15.5. The Morgan fingerprint density at radius 1 is 0.960 bits per heavy atom. The van der Waals surface area contributed by atoms with Crippen molar-refractivity contribution >= 4 is 0 Å². The quantitative estimate of drug-likeness (QED) is 0.661. The average Bonchev–Trinajstić information content (AvgIpc) is 3.17. The molecule has 4 nitrogen and oxygen atoms in total. The highest BCUT2D eigenvalue weighted by Gasteiger charge is 2.67. The maximum absolute atomic E-state index is 11.1. The Morgan fingerprint density at radius 2 is 1.68 bits per heavy atom. The summed E-state index contributed by atoms with van der Waals surface area (Å²) in [6.45, 7) is 6.16. The zero-order chi connectivity index (χ0) is 17.4. The molecule has 1 heterocycles. The molecule has 140 valence electrons. The van der Waals surface area contributed by atoms with Crippen molar-refractivity contribution in [1.82, 2.24) is 0 Å². The van der Waals surface area contributed by atoms with E-state index in [0.717, 1.165) is 44.9 Å². The summed E-state index contributed by atoms with van der Waals surface area (Å²) in [6.07, 6.45) is 8.50. The second-order valence-electron chi connectivity index (χ2n) is 9.73. The molecule has 4 fully saturated rings. The minimum absolute atomic E-state index is 0.0154. The van der Waals surface area contributed by atoms with Crippen LogP contribution in [0.25, 0.3) is 0 Å². The smallest absolute Gasteiger partial charge is 0.174 e. The third-order valence-electron chi connectivity index (χ3n) is 8.90. The average molecular weight is 348 g/mol. The first-order chi connectivity index (χ1) is 11.9. The van der Waals surface area contributed by atoms with Crippen LogP contribution in [0.5, 0.6) is 0 Å². The van der Waals surface area contributed by atoms with Crippen LogP contribution in [0.1, 0.15) is 58.8 Å². The van der Waals surface area contributed by atoms with Gasteiger partial charge in [-0.2, -0.15) is 0 Å². The molecule has 25 heavy (non-hydrogen) atoms. The van der Waals surface area contributed by atoms with Crippen LogP contribution in [0.15, 0.2) is 11.6 Å². The Bertz CT molecular complexity index is 595. The van der Waals surface area contributed by atoms with Crippen molar-refractivity contribution in [3.8, 4) is 0 Å². The van der Waals surface area contributed by atoms with Crippen molar-refractivity contribution < 1.29 is 19.7 Å². The first-order valence-corrected chi connectivity index (χ1v) is 10.2. The Hall–Kier alpha value is -0.420. The predicted octanol–water partition coefficient (Wildman–Crippen LogP) is 3.02. The normalized spacial score (nSPS) is 53.9. The van der Waals surface area contributed by atoms with Gasteiger partial charge >= 0.3 is 0 Å². The predicted molar refractivity (Wildman–Crippen MR) is 93.7 cm³/mol. The lowest BCUT2D eigenvalue weighted by molar-refractivity contribution is -0.246. The van der Waals surface area contributed by atoms with Crippen molar-refractivity contribution in [3.63, 3.8) is 0 Å². The minimum atomic E-state index is -0.407. The highest BCUT2D eigenvalue weighted by atomic mass is 16.7. The number of aliphatic hydroxyl groups excluding tert-OH is 2. The molecule has 0 bridgehead atoms. The molecule has 2 N–H and O–H groups in total. The lowest BCUT2D eigenvalue weighted by Gasteiger charge is -2.59. The van der Waals surface area contributed by atoms with Gasteiger partial charge in [0.05, 0.1) is 25.4 Å². The third-order valence-corrected chi connectivity index (χ3v) is 8.90. The van der Waals surface area contributed by atoms with E-state index in [0.29, 0.717) is 31.0 Å². The molecular formula is C21H32O4. The summed E-state index contributed by atoms with van der Waals surface area (Å²) in [5.74, 6) is 0.871. The van der Waals surface area contributed by atoms with Crippen LogP contribution in [-0.2, 0) is 9.47 Å². The fraction of sp³-hybridized carbons (Fsp3) is 0.905. The van der Waals surface area contributed by atoms with Crippen molar-refractivity contribution in [2.45, 2.75) is 76.8 Å². The van der Waals surface area contributed by atoms with E-state index >= 15 is 0 Å². The fourth-order valence-electron chi connectivity index (χ4n) is 7.52. The molecule has 1 aliphatic heterocycles. The highest BCUT2D eigenvalue weighted by Crippen LogP contribution is 2.68. The van der Waals surface area contributed by atoms with E-state index in [1.165, 1.54) is 5.57 Å². The molecule has 0 radical (unpaired) electrons. The number of aliphatic hydroxyl groups is 2. The molecule has 4 aliphatic carbocycles. The molecule has 3 saturated carbocycles. The number of hydrogen-bond donors (Lipinski definition) is 2. The lowest BCUT2D eigenvalue weighted by atomic mass is 9.47. The van der Waals surface area contributed by atoms with Gasteiger partial charge in [0.15, 0.2) is 5.79 Å². The van der Waals surface area contributed by atoms with Gasteiger partial charge in [0.2, 0.25) is 0 Å². The molecule has 0 aromatic rings. The van der Waals surface area contributed by atoms with Gasteiger partial charge in [0.1, 0.15) is 0 Å². The van der Waals surface area contributed by atoms with Crippen molar-refractivity contribution in [2.24, 2.45) is 28.6 Å². The van der Waals surface area contributed by atoms with E-state index in [4.69, 9.17) is 9.47 Å². The van der Waals surface area contributed by atoms with Gasteiger partial charge in [-0.05, 0) is 61.7 Å². The van der Waals surface area contributed by atoms with Crippen LogP contribution in [0.4, 0.5) is 0 Å². The van der Waals surface area contributed by atoms with E-state index in [9.17, 15) is 10.2 Å². The fourth-order valence-corrected chi connectivity index (χ4v) is 7.52. The molecule has 1 spiro atoms. The van der Waals surface area contributed by atoms with E-state index < -0.39 is 5.79 Å². The molecule has 0 aromatic carbocycles. The van der Waals surface area contributed by atoms with E-state index in [1.54, 1.807) is 0 Å². The molecule has 5 aliphatic rings. The number of fused-ring (bicyclic) bond motifs is 6. The van der Waals surface area contributed by atoms with Crippen LogP contribution in [0, 0.1) is 28.6 Å². The lowest BCUT2D eigenvalue weighted by Crippen LogP contribution is -2.58. The molecule has 7 atom stereocenters. The molecular weight excluding hydrogens is 316 g/mol. The molecule has 0 aromatic heterocycles. The van der Waals surface area contributed by atoms with Gasteiger partial charge in [-0.1, -0.05) is 25.5 Å². The van der Waals surface area contributed by atoms with Crippen LogP contribution in [0.2, 0.25) is 0 Å². The van der Waals surface area contributed by atoms with Gasteiger partial charge < -0.3 is 19.7 Å². The van der Waals surface area contributed by atoms with Gasteiger partial charge in [0, 0.05) is 11.8 Å². The second kappa shape index (κ2) is 5.31. The van der Waals surface area contributed by atoms with Gasteiger partial charge in [0.25, 0.3) is 0 Å². The third kappa shape index (κ3) is 2.03. The maximum Gasteiger partial charge on any atom is 0.174 e. The van der Waals surface area contributed by atoms with Crippen molar-refractivity contribution in [3.05, 3.63) is 11.6 Å². The standard InChI is InChI=1S/C21H32O4/c1-19-6-3-14(22)11-13(19)12-17(23)18-15(19)4-7-20(2)16(18)5-8-21(20)24-9-10-25-21/h12,14-18,22-23H,3-11H2,1-2H3/t14-,15?,16?,17+,18?,19+,20+/m1/s1. The van der Waals surface area contributed by atoms with E-state index in [2.05, 4.69) is 19.9 Å².